The van der Waals surface area contributed by atoms with E-state index in [1.165, 1.54) is 32.1 Å². The molecule has 54 valence electrons. The lowest BCUT2D eigenvalue weighted by molar-refractivity contribution is 0.399. The largest absolute Gasteiger partial charge is 0.355 e. The van der Waals surface area contributed by atoms with Gasteiger partial charge in [0.05, 0.1) is 9.68 Å². The average Bonchev–Trinajstić information content (AvgIpc) is 1.90. The zero-order valence-electron chi connectivity index (χ0n) is 6.32. The number of nitrogens with two attached hydrogens (primary N) is 1. The first-order valence-electron chi connectivity index (χ1n) is 3.97. The molecule has 1 aliphatic rings. The van der Waals surface area contributed by atoms with E-state index in [1.54, 1.807) is 0 Å². The average molecular weight is 143 g/mol. The van der Waals surface area contributed by atoms with Crippen LogP contribution in [0.5, 0.6) is 0 Å². The van der Waals surface area contributed by atoms with Crippen LogP contribution in [0.25, 0.3) is 0 Å². The Bertz CT molecular complexity index is 86.9. The van der Waals surface area contributed by atoms with Crippen LogP contribution in [0.1, 0.15) is 39.0 Å². The number of hydrogen-bond acceptors (Lipinski definition) is 1. The lowest BCUT2D eigenvalue weighted by atomic mass is 9.90. The number of rotatable bonds is 1. The monoisotopic (exact) mass is 143 g/mol. The van der Waals surface area contributed by atoms with Crippen LogP contribution >= 0.6 is 0 Å². The summed E-state index contributed by atoms with van der Waals surface area (Å²) >= 11 is 0. The molecular weight excluding hydrogens is 126 g/mol. The van der Waals surface area contributed by atoms with E-state index in [0.29, 0.717) is 5.04 Å². The lowest BCUT2D eigenvalue weighted by Crippen LogP contribution is -2.26. The Balaban J connectivity index is 2.37. The molecule has 1 nitrogen and oxygen atoms in total. The van der Waals surface area contributed by atoms with Crippen molar-refractivity contribution in [1.29, 1.82) is 0 Å². The molecule has 0 spiro atoms. The van der Waals surface area contributed by atoms with Crippen LogP contribution < -0.4 is 5.40 Å². The molecule has 0 aromatic carbocycles. The summed E-state index contributed by atoms with van der Waals surface area (Å²) in [5.41, 5.74) is 0. The van der Waals surface area contributed by atoms with Gasteiger partial charge in [0.15, 0.2) is 0 Å². The molecule has 0 aromatic heterocycles. The highest BCUT2D eigenvalue weighted by Gasteiger charge is 2.24. The Morgan fingerprint density at radius 3 is 2.11 bits per heavy atom. The minimum Gasteiger partial charge on any atom is -0.355 e. The van der Waals surface area contributed by atoms with Gasteiger partial charge in [-0.1, -0.05) is 26.2 Å². The zero-order chi connectivity index (χ0) is 6.74. The van der Waals surface area contributed by atoms with Crippen molar-refractivity contribution in [2.75, 3.05) is 0 Å². The van der Waals surface area contributed by atoms with E-state index in [4.69, 9.17) is 5.40 Å². The quantitative estimate of drug-likeness (QED) is 0.548. The summed E-state index contributed by atoms with van der Waals surface area (Å²) in [6.07, 6.45) is 7.14. The minimum absolute atomic E-state index is 0.228. The first kappa shape index (κ1) is 7.29. The third kappa shape index (κ3) is 1.80. The van der Waals surface area contributed by atoms with Crippen LogP contribution in [-0.2, 0) is 0 Å². The molecule has 1 fully saturated rings. The van der Waals surface area contributed by atoms with Crippen molar-refractivity contribution in [3.8, 4) is 0 Å². The molecule has 0 saturated heterocycles. The lowest BCUT2D eigenvalue weighted by Gasteiger charge is -2.31. The third-order valence-corrected chi connectivity index (χ3v) is 4.25. The Kier molecular flexibility index (Phi) is 2.30. The van der Waals surface area contributed by atoms with Gasteiger partial charge in [0.2, 0.25) is 0 Å². The van der Waals surface area contributed by atoms with Crippen LogP contribution in [-0.4, -0.2) is 9.68 Å². The molecule has 2 N–H and O–H groups in total. The van der Waals surface area contributed by atoms with Crippen molar-refractivity contribution in [1.82, 2.24) is 0 Å². The normalized spacial score (nSPS) is 27.3. The predicted molar refractivity (Wildman–Crippen MR) is 44.2 cm³/mol. The van der Waals surface area contributed by atoms with Gasteiger partial charge in [-0.25, -0.2) is 0 Å². The molecule has 1 saturated carbocycles. The van der Waals surface area contributed by atoms with Gasteiger partial charge in [0.1, 0.15) is 0 Å². The standard InChI is InChI=1S/C7H17NSi/c1-7(9-8)5-3-2-4-6-7/h2-6,8-9H2,1H3. The van der Waals surface area contributed by atoms with Crippen LogP contribution in [0.4, 0.5) is 0 Å². The maximum absolute atomic E-state index is 5.78. The smallest absolute Gasteiger partial charge is 0.0948 e. The predicted octanol–water partition coefficient (Wildman–Crippen LogP) is 1.17. The van der Waals surface area contributed by atoms with E-state index in [-0.39, 0.29) is 9.68 Å². The van der Waals surface area contributed by atoms with Gasteiger partial charge in [-0.2, -0.15) is 0 Å². The second-order valence-corrected chi connectivity index (χ2v) is 5.69. The molecule has 0 bridgehead atoms. The summed E-state index contributed by atoms with van der Waals surface area (Å²) in [7, 11) is -0.228. The molecule has 1 rings (SSSR count). The summed E-state index contributed by atoms with van der Waals surface area (Å²) in [5.74, 6) is 0. The van der Waals surface area contributed by atoms with Crippen LogP contribution in [0.2, 0.25) is 5.04 Å². The molecule has 2 heteroatoms. The van der Waals surface area contributed by atoms with Crippen molar-refractivity contribution < 1.29 is 0 Å². The highest BCUT2D eigenvalue weighted by molar-refractivity contribution is 6.35. The summed E-state index contributed by atoms with van der Waals surface area (Å²) in [4.78, 5) is 0. The molecule has 0 amide bonds. The second kappa shape index (κ2) is 2.84. The van der Waals surface area contributed by atoms with Gasteiger partial charge in [-0.15, -0.1) is 0 Å². The van der Waals surface area contributed by atoms with E-state index in [2.05, 4.69) is 6.92 Å². The van der Waals surface area contributed by atoms with Crippen molar-refractivity contribution in [2.45, 2.75) is 44.1 Å². The van der Waals surface area contributed by atoms with E-state index < -0.39 is 0 Å². The Morgan fingerprint density at radius 2 is 1.78 bits per heavy atom. The molecule has 1 aliphatic carbocycles. The molecule has 0 aliphatic heterocycles. The van der Waals surface area contributed by atoms with E-state index in [0.717, 1.165) is 0 Å². The molecule has 0 radical (unpaired) electrons. The minimum atomic E-state index is -0.228. The van der Waals surface area contributed by atoms with Crippen molar-refractivity contribution in [3.05, 3.63) is 0 Å². The summed E-state index contributed by atoms with van der Waals surface area (Å²) in [6.45, 7) is 2.37. The van der Waals surface area contributed by atoms with E-state index in [1.807, 2.05) is 0 Å². The molecule has 0 atom stereocenters. The Morgan fingerprint density at radius 1 is 1.22 bits per heavy atom. The first-order valence-corrected chi connectivity index (χ1v) is 5.49. The highest BCUT2D eigenvalue weighted by Crippen LogP contribution is 2.39. The van der Waals surface area contributed by atoms with Crippen LogP contribution in [0, 0.1) is 0 Å². The molecule has 0 heterocycles. The molecule has 0 unspecified atom stereocenters. The van der Waals surface area contributed by atoms with Gasteiger partial charge >= 0.3 is 0 Å². The molecule has 9 heavy (non-hydrogen) atoms. The van der Waals surface area contributed by atoms with Crippen molar-refractivity contribution in [2.24, 2.45) is 5.40 Å². The topological polar surface area (TPSA) is 26.0 Å². The SMILES string of the molecule is CC1([SiH2]N)CCCCC1. The first-order chi connectivity index (χ1) is 4.27. The summed E-state index contributed by atoms with van der Waals surface area (Å²) in [5, 5.41) is 6.41. The maximum atomic E-state index is 5.78. The van der Waals surface area contributed by atoms with Gasteiger partial charge in [0.25, 0.3) is 0 Å². The fourth-order valence-corrected chi connectivity index (χ4v) is 2.52. The molecular formula is C7H17NSi. The highest BCUT2D eigenvalue weighted by atomic mass is 28.2. The van der Waals surface area contributed by atoms with Crippen LogP contribution in [0.15, 0.2) is 0 Å². The van der Waals surface area contributed by atoms with Gasteiger partial charge in [-0.05, 0) is 17.9 Å². The van der Waals surface area contributed by atoms with E-state index >= 15 is 0 Å². The van der Waals surface area contributed by atoms with Gasteiger partial charge in [-0.3, -0.25) is 0 Å². The Labute approximate surface area is 59.9 Å². The summed E-state index contributed by atoms with van der Waals surface area (Å²) in [6, 6.07) is 0. The Hall–Kier alpha value is 0.177. The van der Waals surface area contributed by atoms with Gasteiger partial charge < -0.3 is 5.40 Å². The van der Waals surface area contributed by atoms with Crippen molar-refractivity contribution in [3.63, 3.8) is 0 Å². The van der Waals surface area contributed by atoms with Crippen molar-refractivity contribution >= 4 is 9.68 Å². The van der Waals surface area contributed by atoms with Crippen LogP contribution in [0.3, 0.4) is 0 Å². The van der Waals surface area contributed by atoms with Gasteiger partial charge in [0, 0.05) is 0 Å². The molecule has 0 aromatic rings. The third-order valence-electron chi connectivity index (χ3n) is 2.55. The number of hydrogen-bond donors (Lipinski definition) is 1. The fourth-order valence-electron chi connectivity index (χ4n) is 1.61. The van der Waals surface area contributed by atoms with E-state index in [9.17, 15) is 0 Å². The second-order valence-electron chi connectivity index (χ2n) is 3.58. The zero-order valence-corrected chi connectivity index (χ0v) is 7.73. The summed E-state index contributed by atoms with van der Waals surface area (Å²) < 4.78 is 0. The maximum Gasteiger partial charge on any atom is 0.0948 e. The fraction of sp³-hybridized carbons (Fsp3) is 1.00.